The fourth-order valence-electron chi connectivity index (χ4n) is 4.21. The van der Waals surface area contributed by atoms with Crippen LogP contribution >= 0.6 is 0 Å². The van der Waals surface area contributed by atoms with E-state index in [0.29, 0.717) is 11.7 Å². The summed E-state index contributed by atoms with van der Waals surface area (Å²) in [5.74, 6) is 1.13. The number of aliphatic hydroxyl groups is 1. The molecule has 2 rings (SSSR count). The minimum atomic E-state index is -0.562. The van der Waals surface area contributed by atoms with Gasteiger partial charge in [0.25, 0.3) is 0 Å². The van der Waals surface area contributed by atoms with Gasteiger partial charge in [-0.2, -0.15) is 5.10 Å². The Morgan fingerprint density at radius 2 is 2.17 bits per heavy atom. The molecule has 2 atom stereocenters. The predicted molar refractivity (Wildman–Crippen MR) is 91.4 cm³/mol. The molecule has 1 aromatic rings. The lowest BCUT2D eigenvalue weighted by Crippen LogP contribution is -2.58. The second kappa shape index (κ2) is 6.51. The summed E-state index contributed by atoms with van der Waals surface area (Å²) in [7, 11) is 0. The number of carbonyl (C=O) groups excluding carboxylic acids is 1. The zero-order chi connectivity index (χ0) is 17.3. The first-order valence-electron chi connectivity index (χ1n) is 8.40. The lowest BCUT2D eigenvalue weighted by Gasteiger charge is -2.47. The fourth-order valence-corrected chi connectivity index (χ4v) is 4.21. The van der Waals surface area contributed by atoms with Crippen LogP contribution in [0.5, 0.6) is 0 Å². The zero-order valence-corrected chi connectivity index (χ0v) is 14.9. The molecule has 1 heterocycles. The number of aliphatic hydroxyl groups excluding tert-OH is 1. The van der Waals surface area contributed by atoms with Gasteiger partial charge in [0.05, 0.1) is 18.3 Å². The maximum absolute atomic E-state index is 12.5. The van der Waals surface area contributed by atoms with Crippen molar-refractivity contribution in [2.45, 2.75) is 65.5 Å². The third-order valence-corrected chi connectivity index (χ3v) is 4.54. The highest BCUT2D eigenvalue weighted by molar-refractivity contribution is 5.88. The van der Waals surface area contributed by atoms with Gasteiger partial charge in [-0.15, -0.1) is 0 Å². The molecule has 1 aromatic heterocycles. The fraction of sp³-hybridized carbons (Fsp3) is 0.765. The molecule has 6 heteroatoms. The average Bonchev–Trinajstić information content (AvgIpc) is 2.84. The summed E-state index contributed by atoms with van der Waals surface area (Å²) in [6, 6.07) is 1.66. The number of hydrogen-bond donors (Lipinski definition) is 3. The summed E-state index contributed by atoms with van der Waals surface area (Å²) in [6.45, 7) is 10.5. The highest BCUT2D eigenvalue weighted by Gasteiger charge is 2.43. The van der Waals surface area contributed by atoms with Crippen molar-refractivity contribution in [3.63, 3.8) is 0 Å². The third-order valence-electron chi connectivity index (χ3n) is 4.54. The smallest absolute Gasteiger partial charge is 0.320 e. The number of nitrogens with zero attached hydrogens (tertiary/aromatic N) is 2. The summed E-state index contributed by atoms with van der Waals surface area (Å²) in [5, 5.41) is 20.1. The van der Waals surface area contributed by atoms with Gasteiger partial charge in [-0.25, -0.2) is 9.48 Å². The minimum Gasteiger partial charge on any atom is -0.394 e. The lowest BCUT2D eigenvalue weighted by molar-refractivity contribution is 0.0445. The Morgan fingerprint density at radius 1 is 1.48 bits per heavy atom. The van der Waals surface area contributed by atoms with Crippen molar-refractivity contribution in [1.82, 2.24) is 15.1 Å². The minimum absolute atomic E-state index is 0.0440. The Morgan fingerprint density at radius 3 is 2.74 bits per heavy atom. The van der Waals surface area contributed by atoms with Crippen LogP contribution in [0.1, 0.15) is 59.9 Å². The number of aromatic nitrogens is 2. The molecular weight excluding hydrogens is 292 g/mol. The topological polar surface area (TPSA) is 79.2 Å². The standard InChI is InChI=1S/C17H30N4O2/c1-12(2)21-14(6-7-18-21)19-15(23)20-17(11-22)9-13(3)8-16(4,5)10-17/h6-7,12-13,22H,8-11H2,1-5H3,(H2,19,20,23). The van der Waals surface area contributed by atoms with Gasteiger partial charge >= 0.3 is 6.03 Å². The van der Waals surface area contributed by atoms with E-state index in [0.717, 1.165) is 19.3 Å². The predicted octanol–water partition coefficient (Wildman–Crippen LogP) is 3.16. The van der Waals surface area contributed by atoms with Gasteiger partial charge < -0.3 is 10.4 Å². The van der Waals surface area contributed by atoms with E-state index in [4.69, 9.17) is 0 Å². The third kappa shape index (κ3) is 4.25. The van der Waals surface area contributed by atoms with E-state index in [1.54, 1.807) is 16.9 Å². The van der Waals surface area contributed by atoms with Crippen molar-refractivity contribution in [3.05, 3.63) is 12.3 Å². The van der Waals surface area contributed by atoms with Gasteiger partial charge in [0.1, 0.15) is 5.82 Å². The van der Waals surface area contributed by atoms with Crippen LogP contribution in [0, 0.1) is 11.3 Å². The molecule has 3 N–H and O–H groups in total. The molecule has 1 aliphatic carbocycles. The van der Waals surface area contributed by atoms with Crippen molar-refractivity contribution < 1.29 is 9.90 Å². The number of rotatable bonds is 4. The monoisotopic (exact) mass is 322 g/mol. The molecule has 2 unspecified atom stereocenters. The number of carbonyl (C=O) groups is 1. The van der Waals surface area contributed by atoms with Crippen LogP contribution in [0.15, 0.2) is 12.3 Å². The summed E-state index contributed by atoms with van der Waals surface area (Å²) < 4.78 is 1.76. The van der Waals surface area contributed by atoms with Crippen LogP contribution in [0.4, 0.5) is 10.6 Å². The first-order chi connectivity index (χ1) is 10.7. The molecule has 6 nitrogen and oxygen atoms in total. The molecule has 0 radical (unpaired) electrons. The number of urea groups is 1. The molecule has 0 aliphatic heterocycles. The number of anilines is 1. The molecule has 1 aliphatic rings. The summed E-state index contributed by atoms with van der Waals surface area (Å²) in [6.07, 6.45) is 4.35. The quantitative estimate of drug-likeness (QED) is 0.796. The first kappa shape index (κ1) is 17.8. The summed E-state index contributed by atoms with van der Waals surface area (Å²) >= 11 is 0. The average molecular weight is 322 g/mol. The molecule has 0 bridgehead atoms. The van der Waals surface area contributed by atoms with Crippen molar-refractivity contribution in [3.8, 4) is 0 Å². The summed E-state index contributed by atoms with van der Waals surface area (Å²) in [4.78, 5) is 12.5. The number of nitrogens with one attached hydrogen (secondary N) is 2. The van der Waals surface area contributed by atoms with Gasteiger partial charge in [-0.05, 0) is 44.4 Å². The van der Waals surface area contributed by atoms with Crippen molar-refractivity contribution in [2.24, 2.45) is 11.3 Å². The van der Waals surface area contributed by atoms with E-state index >= 15 is 0 Å². The van der Waals surface area contributed by atoms with Gasteiger partial charge in [-0.3, -0.25) is 5.32 Å². The number of amides is 2. The second-order valence-corrected chi connectivity index (χ2v) is 8.13. The van der Waals surface area contributed by atoms with E-state index in [1.807, 2.05) is 13.8 Å². The Bertz CT molecular complexity index is 553. The normalized spacial score (nSPS) is 27.0. The van der Waals surface area contributed by atoms with E-state index in [-0.39, 0.29) is 24.1 Å². The maximum Gasteiger partial charge on any atom is 0.320 e. The zero-order valence-electron chi connectivity index (χ0n) is 14.9. The van der Waals surface area contributed by atoms with Crippen LogP contribution in [-0.2, 0) is 0 Å². The largest absolute Gasteiger partial charge is 0.394 e. The lowest BCUT2D eigenvalue weighted by atomic mass is 9.64. The van der Waals surface area contributed by atoms with Gasteiger partial charge in [0.15, 0.2) is 0 Å². The molecule has 1 fully saturated rings. The Labute approximate surface area is 138 Å². The van der Waals surface area contributed by atoms with Gasteiger partial charge in [0, 0.05) is 12.1 Å². The maximum atomic E-state index is 12.5. The molecule has 0 spiro atoms. The highest BCUT2D eigenvalue weighted by Crippen LogP contribution is 2.43. The molecule has 130 valence electrons. The van der Waals surface area contributed by atoms with E-state index in [9.17, 15) is 9.90 Å². The van der Waals surface area contributed by atoms with Crippen LogP contribution in [0.3, 0.4) is 0 Å². The summed E-state index contributed by atoms with van der Waals surface area (Å²) in [5.41, 5.74) is -0.457. The molecule has 1 saturated carbocycles. The van der Waals surface area contributed by atoms with Crippen molar-refractivity contribution >= 4 is 11.8 Å². The molecule has 0 aromatic carbocycles. The number of hydrogen-bond acceptors (Lipinski definition) is 3. The second-order valence-electron chi connectivity index (χ2n) is 8.13. The Hall–Kier alpha value is -1.56. The van der Waals surface area contributed by atoms with Crippen LogP contribution < -0.4 is 10.6 Å². The van der Waals surface area contributed by atoms with E-state index in [2.05, 4.69) is 36.5 Å². The van der Waals surface area contributed by atoms with Crippen LogP contribution in [-0.4, -0.2) is 33.1 Å². The Balaban J connectivity index is 2.09. The SMILES string of the molecule is CC1CC(C)(C)CC(CO)(NC(=O)Nc2ccnn2C(C)C)C1. The van der Waals surface area contributed by atoms with Crippen LogP contribution in [0.2, 0.25) is 0 Å². The van der Waals surface area contributed by atoms with Crippen molar-refractivity contribution in [1.29, 1.82) is 0 Å². The van der Waals surface area contributed by atoms with Gasteiger partial charge in [0.2, 0.25) is 0 Å². The first-order valence-corrected chi connectivity index (χ1v) is 8.40. The van der Waals surface area contributed by atoms with Crippen molar-refractivity contribution in [2.75, 3.05) is 11.9 Å². The molecular formula is C17H30N4O2. The molecule has 2 amide bonds. The highest BCUT2D eigenvalue weighted by atomic mass is 16.3. The Kier molecular flexibility index (Phi) is 5.04. The van der Waals surface area contributed by atoms with E-state index < -0.39 is 5.54 Å². The molecule has 23 heavy (non-hydrogen) atoms. The van der Waals surface area contributed by atoms with E-state index in [1.165, 1.54) is 0 Å². The van der Waals surface area contributed by atoms with Gasteiger partial charge in [-0.1, -0.05) is 20.8 Å². The molecule has 0 saturated heterocycles. The van der Waals surface area contributed by atoms with Crippen LogP contribution in [0.25, 0.3) is 0 Å².